The number of amides is 1. The molecule has 0 aliphatic rings. The zero-order valence-corrected chi connectivity index (χ0v) is 19.2. The Bertz CT molecular complexity index is 1170. The van der Waals surface area contributed by atoms with Crippen molar-refractivity contribution in [2.45, 2.75) is 33.9 Å². The highest BCUT2D eigenvalue weighted by atomic mass is 32.2. The molecular weight excluding hydrogens is 408 g/mol. The molecule has 0 aliphatic heterocycles. The molecule has 5 nitrogen and oxygen atoms in total. The predicted octanol–water partition coefficient (Wildman–Crippen LogP) is 4.51. The SMILES string of the molecule is Cc1cc(C)cc(N(Cc2ccc(C(=O)NCc3ccccc3C)cc2)S(C)(=O)=O)c1. The van der Waals surface area contributed by atoms with Crippen LogP contribution in [0.3, 0.4) is 0 Å². The number of rotatable bonds is 7. The van der Waals surface area contributed by atoms with E-state index in [-0.39, 0.29) is 12.5 Å². The Morgan fingerprint density at radius 3 is 2.10 bits per heavy atom. The highest BCUT2D eigenvalue weighted by Gasteiger charge is 2.19. The quantitative estimate of drug-likeness (QED) is 0.593. The Hall–Kier alpha value is -3.12. The Morgan fingerprint density at radius 1 is 0.903 bits per heavy atom. The number of carbonyl (C=O) groups is 1. The van der Waals surface area contributed by atoms with E-state index in [0.29, 0.717) is 17.8 Å². The molecule has 1 amide bonds. The second-order valence-corrected chi connectivity index (χ2v) is 9.83. The van der Waals surface area contributed by atoms with Crippen LogP contribution in [0.2, 0.25) is 0 Å². The molecule has 0 aliphatic carbocycles. The molecule has 0 saturated heterocycles. The van der Waals surface area contributed by atoms with E-state index < -0.39 is 10.0 Å². The van der Waals surface area contributed by atoms with Crippen molar-refractivity contribution in [2.24, 2.45) is 0 Å². The maximum Gasteiger partial charge on any atom is 0.251 e. The van der Waals surface area contributed by atoms with Gasteiger partial charge in [0.2, 0.25) is 10.0 Å². The number of carbonyl (C=O) groups excluding carboxylic acids is 1. The fourth-order valence-electron chi connectivity index (χ4n) is 3.51. The normalized spacial score (nSPS) is 11.2. The minimum atomic E-state index is -3.47. The highest BCUT2D eigenvalue weighted by Crippen LogP contribution is 2.23. The van der Waals surface area contributed by atoms with Gasteiger partial charge in [-0.3, -0.25) is 9.10 Å². The summed E-state index contributed by atoms with van der Waals surface area (Å²) in [5.41, 5.74) is 6.19. The van der Waals surface area contributed by atoms with E-state index in [4.69, 9.17) is 0 Å². The van der Waals surface area contributed by atoms with E-state index in [2.05, 4.69) is 5.32 Å². The lowest BCUT2D eigenvalue weighted by Gasteiger charge is -2.23. The molecule has 0 radical (unpaired) electrons. The first-order chi connectivity index (χ1) is 14.6. The molecule has 0 unspecified atom stereocenters. The van der Waals surface area contributed by atoms with Crippen LogP contribution in [-0.4, -0.2) is 20.6 Å². The minimum absolute atomic E-state index is 0.163. The van der Waals surface area contributed by atoms with Crippen molar-refractivity contribution >= 4 is 21.6 Å². The number of benzene rings is 3. The number of nitrogens with zero attached hydrogens (tertiary/aromatic N) is 1. The van der Waals surface area contributed by atoms with E-state index in [9.17, 15) is 13.2 Å². The van der Waals surface area contributed by atoms with Crippen molar-refractivity contribution in [2.75, 3.05) is 10.6 Å². The van der Waals surface area contributed by atoms with Gasteiger partial charge in [-0.25, -0.2) is 8.42 Å². The zero-order valence-electron chi connectivity index (χ0n) is 18.3. The fraction of sp³-hybridized carbons (Fsp3) is 0.240. The van der Waals surface area contributed by atoms with Crippen LogP contribution in [0.1, 0.15) is 38.2 Å². The van der Waals surface area contributed by atoms with Gasteiger partial charge in [0.15, 0.2) is 0 Å². The van der Waals surface area contributed by atoms with Gasteiger partial charge >= 0.3 is 0 Å². The van der Waals surface area contributed by atoms with Crippen LogP contribution in [0.5, 0.6) is 0 Å². The third-order valence-electron chi connectivity index (χ3n) is 5.14. The molecule has 6 heteroatoms. The van der Waals surface area contributed by atoms with Crippen LogP contribution in [0.15, 0.2) is 66.7 Å². The van der Waals surface area contributed by atoms with E-state index in [1.54, 1.807) is 24.3 Å². The number of aryl methyl sites for hydroxylation is 3. The van der Waals surface area contributed by atoms with E-state index >= 15 is 0 Å². The molecular formula is C25H28N2O3S. The van der Waals surface area contributed by atoms with E-state index in [1.807, 2.05) is 63.2 Å². The zero-order chi connectivity index (χ0) is 22.6. The Kier molecular flexibility index (Phi) is 6.81. The van der Waals surface area contributed by atoms with Crippen LogP contribution >= 0.6 is 0 Å². The van der Waals surface area contributed by atoms with E-state index in [1.165, 1.54) is 10.6 Å². The van der Waals surface area contributed by atoms with Crippen molar-refractivity contribution in [3.8, 4) is 0 Å². The summed E-state index contributed by atoms with van der Waals surface area (Å²) < 4.78 is 26.3. The molecule has 0 bridgehead atoms. The first-order valence-corrected chi connectivity index (χ1v) is 12.0. The standard InChI is InChI=1S/C25H28N2O3S/c1-18-13-19(2)15-24(14-18)27(31(4,29)30)17-21-9-11-22(12-10-21)25(28)26-16-23-8-6-5-7-20(23)3/h5-15H,16-17H2,1-4H3,(H,26,28). The molecule has 0 fully saturated rings. The molecule has 0 aromatic heterocycles. The lowest BCUT2D eigenvalue weighted by molar-refractivity contribution is 0.0951. The molecule has 0 spiro atoms. The first kappa shape index (κ1) is 22.6. The van der Waals surface area contributed by atoms with Crippen molar-refractivity contribution in [3.63, 3.8) is 0 Å². The number of anilines is 1. The summed E-state index contributed by atoms with van der Waals surface area (Å²) in [6, 6.07) is 20.7. The summed E-state index contributed by atoms with van der Waals surface area (Å²) >= 11 is 0. The average molecular weight is 437 g/mol. The van der Waals surface area contributed by atoms with Crippen molar-refractivity contribution in [1.82, 2.24) is 5.32 Å². The van der Waals surface area contributed by atoms with E-state index in [0.717, 1.165) is 27.8 Å². The molecule has 162 valence electrons. The number of hydrogen-bond acceptors (Lipinski definition) is 3. The van der Waals surface area contributed by atoms with Crippen LogP contribution in [-0.2, 0) is 23.1 Å². The van der Waals surface area contributed by atoms with Crippen molar-refractivity contribution in [1.29, 1.82) is 0 Å². The second kappa shape index (κ2) is 9.35. The number of nitrogens with one attached hydrogen (secondary N) is 1. The molecule has 3 aromatic carbocycles. The van der Waals surface area contributed by atoms with Gasteiger partial charge in [-0.05, 0) is 72.9 Å². The molecule has 3 aromatic rings. The van der Waals surface area contributed by atoms with Gasteiger partial charge < -0.3 is 5.32 Å². The summed E-state index contributed by atoms with van der Waals surface area (Å²) in [6.07, 6.45) is 1.21. The first-order valence-electron chi connectivity index (χ1n) is 10.1. The maximum absolute atomic E-state index is 12.5. The van der Waals surface area contributed by atoms with Crippen molar-refractivity contribution < 1.29 is 13.2 Å². The van der Waals surface area contributed by atoms with Gasteiger partial charge in [-0.1, -0.05) is 42.5 Å². The highest BCUT2D eigenvalue weighted by molar-refractivity contribution is 7.92. The smallest absolute Gasteiger partial charge is 0.251 e. The molecule has 0 atom stereocenters. The lowest BCUT2D eigenvalue weighted by atomic mass is 10.1. The second-order valence-electron chi connectivity index (χ2n) is 7.92. The van der Waals surface area contributed by atoms with Crippen LogP contribution in [0.25, 0.3) is 0 Å². The van der Waals surface area contributed by atoms with Gasteiger partial charge in [0.1, 0.15) is 0 Å². The molecule has 0 heterocycles. The van der Waals surface area contributed by atoms with Crippen LogP contribution in [0.4, 0.5) is 5.69 Å². The molecule has 3 rings (SSSR count). The molecule has 0 saturated carbocycles. The Morgan fingerprint density at radius 2 is 1.52 bits per heavy atom. The van der Waals surface area contributed by atoms with Gasteiger partial charge in [0.05, 0.1) is 18.5 Å². The largest absolute Gasteiger partial charge is 0.348 e. The summed E-state index contributed by atoms with van der Waals surface area (Å²) in [5, 5.41) is 2.93. The minimum Gasteiger partial charge on any atom is -0.348 e. The fourth-order valence-corrected chi connectivity index (χ4v) is 4.38. The summed E-state index contributed by atoms with van der Waals surface area (Å²) in [6.45, 7) is 6.57. The number of sulfonamides is 1. The van der Waals surface area contributed by atoms with Gasteiger partial charge in [-0.15, -0.1) is 0 Å². The summed E-state index contributed by atoms with van der Waals surface area (Å²) in [7, 11) is -3.47. The third-order valence-corrected chi connectivity index (χ3v) is 6.28. The van der Waals surface area contributed by atoms with Crippen LogP contribution < -0.4 is 9.62 Å². The van der Waals surface area contributed by atoms with Gasteiger partial charge in [0, 0.05) is 12.1 Å². The Balaban J connectivity index is 1.73. The summed E-state index contributed by atoms with van der Waals surface area (Å²) in [4.78, 5) is 12.5. The third kappa shape index (κ3) is 5.95. The van der Waals surface area contributed by atoms with Crippen LogP contribution in [0, 0.1) is 20.8 Å². The maximum atomic E-state index is 12.5. The summed E-state index contributed by atoms with van der Waals surface area (Å²) in [5.74, 6) is -0.163. The molecule has 1 N–H and O–H groups in total. The number of hydrogen-bond donors (Lipinski definition) is 1. The molecule has 31 heavy (non-hydrogen) atoms. The van der Waals surface area contributed by atoms with Crippen molar-refractivity contribution in [3.05, 3.63) is 100 Å². The monoisotopic (exact) mass is 436 g/mol. The average Bonchev–Trinajstić information content (AvgIpc) is 2.70. The topological polar surface area (TPSA) is 66.5 Å². The lowest BCUT2D eigenvalue weighted by Crippen LogP contribution is -2.29. The van der Waals surface area contributed by atoms with Gasteiger partial charge in [-0.2, -0.15) is 0 Å². The van der Waals surface area contributed by atoms with Gasteiger partial charge in [0.25, 0.3) is 5.91 Å². The predicted molar refractivity (Wildman–Crippen MR) is 126 cm³/mol. The Labute approximate surface area is 184 Å².